The standard InChI is InChI=1S/C13H16FN5/c1-2-9-12(14)13(18-7-15-9)19-8-3-4-10-11(5-8)17-6-16-10/h6-8H,2-5H2,1H3,(H,16,17)(H,15,18,19). The highest BCUT2D eigenvalue weighted by Gasteiger charge is 2.22. The van der Waals surface area contributed by atoms with Crippen molar-refractivity contribution >= 4 is 5.82 Å². The average Bonchev–Trinajstić information content (AvgIpc) is 2.88. The average molecular weight is 261 g/mol. The van der Waals surface area contributed by atoms with E-state index in [1.807, 2.05) is 6.92 Å². The third-order valence-electron chi connectivity index (χ3n) is 3.53. The summed E-state index contributed by atoms with van der Waals surface area (Å²) in [5.41, 5.74) is 2.71. The van der Waals surface area contributed by atoms with Crippen LogP contribution in [0.2, 0.25) is 0 Å². The minimum atomic E-state index is -0.333. The quantitative estimate of drug-likeness (QED) is 0.885. The molecule has 100 valence electrons. The summed E-state index contributed by atoms with van der Waals surface area (Å²) in [6.07, 6.45) is 6.35. The Morgan fingerprint density at radius 3 is 3.16 bits per heavy atom. The van der Waals surface area contributed by atoms with Gasteiger partial charge in [-0.15, -0.1) is 0 Å². The van der Waals surface area contributed by atoms with Gasteiger partial charge in [0.25, 0.3) is 0 Å². The van der Waals surface area contributed by atoms with Gasteiger partial charge in [-0.3, -0.25) is 0 Å². The summed E-state index contributed by atoms with van der Waals surface area (Å²) in [4.78, 5) is 15.3. The molecule has 0 bridgehead atoms. The van der Waals surface area contributed by atoms with Crippen molar-refractivity contribution in [3.05, 3.63) is 35.6 Å². The summed E-state index contributed by atoms with van der Waals surface area (Å²) in [6, 6.07) is 0.182. The van der Waals surface area contributed by atoms with Crippen LogP contribution in [0.1, 0.15) is 30.4 Å². The number of aromatic amines is 1. The Hall–Kier alpha value is -1.98. The van der Waals surface area contributed by atoms with Crippen LogP contribution in [0.25, 0.3) is 0 Å². The number of H-pyrrole nitrogens is 1. The maximum absolute atomic E-state index is 14.1. The van der Waals surface area contributed by atoms with Crippen LogP contribution in [0.5, 0.6) is 0 Å². The lowest BCUT2D eigenvalue weighted by molar-refractivity contribution is 0.567. The smallest absolute Gasteiger partial charge is 0.186 e. The molecule has 0 radical (unpaired) electrons. The summed E-state index contributed by atoms with van der Waals surface area (Å²) in [5, 5.41) is 3.18. The van der Waals surface area contributed by atoms with E-state index in [4.69, 9.17) is 0 Å². The Kier molecular flexibility index (Phi) is 3.15. The van der Waals surface area contributed by atoms with Gasteiger partial charge in [-0.05, 0) is 19.3 Å². The van der Waals surface area contributed by atoms with E-state index in [1.54, 1.807) is 6.33 Å². The monoisotopic (exact) mass is 261 g/mol. The molecule has 2 heterocycles. The van der Waals surface area contributed by atoms with Crippen molar-refractivity contribution in [3.63, 3.8) is 0 Å². The van der Waals surface area contributed by atoms with Crippen molar-refractivity contribution in [3.8, 4) is 0 Å². The fourth-order valence-electron chi connectivity index (χ4n) is 2.47. The molecule has 2 aromatic rings. The zero-order chi connectivity index (χ0) is 13.2. The van der Waals surface area contributed by atoms with Gasteiger partial charge in [-0.25, -0.2) is 19.3 Å². The largest absolute Gasteiger partial charge is 0.364 e. The highest BCUT2D eigenvalue weighted by molar-refractivity contribution is 5.39. The summed E-state index contributed by atoms with van der Waals surface area (Å²) in [7, 11) is 0. The molecule has 0 aliphatic heterocycles. The van der Waals surface area contributed by atoms with Gasteiger partial charge in [0.05, 0.1) is 17.7 Å². The number of halogens is 1. The number of aryl methyl sites for hydroxylation is 2. The topological polar surface area (TPSA) is 66.5 Å². The molecule has 0 saturated carbocycles. The first-order valence-corrected chi connectivity index (χ1v) is 6.55. The van der Waals surface area contributed by atoms with Crippen LogP contribution in [0.3, 0.4) is 0 Å². The second-order valence-electron chi connectivity index (χ2n) is 4.75. The number of nitrogens with zero attached hydrogens (tertiary/aromatic N) is 3. The molecule has 0 spiro atoms. The molecule has 0 amide bonds. The fourth-order valence-corrected chi connectivity index (χ4v) is 2.47. The van der Waals surface area contributed by atoms with Gasteiger partial charge in [0, 0.05) is 18.2 Å². The lowest BCUT2D eigenvalue weighted by Gasteiger charge is -2.23. The number of aromatic nitrogens is 4. The van der Waals surface area contributed by atoms with Crippen LogP contribution in [0, 0.1) is 5.82 Å². The highest BCUT2D eigenvalue weighted by atomic mass is 19.1. The molecule has 1 aliphatic carbocycles. The van der Waals surface area contributed by atoms with Crippen LogP contribution >= 0.6 is 0 Å². The Bertz CT molecular complexity index is 580. The van der Waals surface area contributed by atoms with E-state index in [9.17, 15) is 4.39 Å². The van der Waals surface area contributed by atoms with Gasteiger partial charge < -0.3 is 10.3 Å². The van der Waals surface area contributed by atoms with Crippen LogP contribution in [0.4, 0.5) is 10.2 Å². The Labute approximate surface area is 110 Å². The Morgan fingerprint density at radius 1 is 1.42 bits per heavy atom. The van der Waals surface area contributed by atoms with E-state index < -0.39 is 0 Å². The lowest BCUT2D eigenvalue weighted by atomic mass is 9.96. The van der Waals surface area contributed by atoms with Crippen molar-refractivity contribution in [2.24, 2.45) is 0 Å². The molecule has 1 aliphatic rings. The van der Waals surface area contributed by atoms with Crippen LogP contribution in [-0.2, 0) is 19.3 Å². The van der Waals surface area contributed by atoms with Crippen LogP contribution < -0.4 is 5.32 Å². The van der Waals surface area contributed by atoms with Crippen molar-refractivity contribution in [2.45, 2.75) is 38.6 Å². The molecule has 5 nitrogen and oxygen atoms in total. The van der Waals surface area contributed by atoms with Crippen LogP contribution in [0.15, 0.2) is 12.7 Å². The zero-order valence-electron chi connectivity index (χ0n) is 10.8. The molecule has 1 atom stereocenters. The maximum Gasteiger partial charge on any atom is 0.186 e. The summed E-state index contributed by atoms with van der Waals surface area (Å²) in [6.45, 7) is 1.88. The first-order chi connectivity index (χ1) is 9.28. The van der Waals surface area contributed by atoms with E-state index in [1.165, 1.54) is 6.33 Å². The molecule has 0 fully saturated rings. The highest BCUT2D eigenvalue weighted by Crippen LogP contribution is 2.22. The molecule has 0 saturated heterocycles. The minimum absolute atomic E-state index is 0.182. The van der Waals surface area contributed by atoms with Crippen molar-refractivity contribution < 1.29 is 4.39 Å². The number of imidazole rings is 1. The van der Waals surface area contributed by atoms with Crippen molar-refractivity contribution in [2.75, 3.05) is 5.32 Å². The summed E-state index contributed by atoms with van der Waals surface area (Å²) >= 11 is 0. The Balaban J connectivity index is 1.76. The third kappa shape index (κ3) is 2.30. The number of fused-ring (bicyclic) bond motifs is 1. The molecule has 6 heteroatoms. The predicted octanol–water partition coefficient (Wildman–Crippen LogP) is 1.87. The molecule has 0 aromatic carbocycles. The Morgan fingerprint density at radius 2 is 2.32 bits per heavy atom. The summed E-state index contributed by atoms with van der Waals surface area (Å²) in [5.74, 6) is -0.0276. The fraction of sp³-hybridized carbons (Fsp3) is 0.462. The van der Waals surface area contributed by atoms with Gasteiger partial charge in [-0.1, -0.05) is 6.92 Å². The molecule has 19 heavy (non-hydrogen) atoms. The normalized spacial score (nSPS) is 18.1. The number of nitrogens with one attached hydrogen (secondary N) is 2. The van der Waals surface area contributed by atoms with Crippen molar-refractivity contribution in [1.82, 2.24) is 19.9 Å². The minimum Gasteiger partial charge on any atom is -0.364 e. The number of rotatable bonds is 3. The first-order valence-electron chi connectivity index (χ1n) is 6.55. The van der Waals surface area contributed by atoms with Crippen LogP contribution in [-0.4, -0.2) is 26.0 Å². The third-order valence-corrected chi connectivity index (χ3v) is 3.53. The SMILES string of the molecule is CCc1ncnc(NC2CCc3nc[nH]c3C2)c1F. The number of anilines is 1. The van der Waals surface area contributed by atoms with Gasteiger partial charge in [-0.2, -0.15) is 0 Å². The number of hydrogen-bond donors (Lipinski definition) is 2. The van der Waals surface area contributed by atoms with E-state index >= 15 is 0 Å². The zero-order valence-corrected chi connectivity index (χ0v) is 10.8. The van der Waals surface area contributed by atoms with E-state index in [-0.39, 0.29) is 11.9 Å². The molecule has 2 N–H and O–H groups in total. The first kappa shape index (κ1) is 12.1. The molecule has 1 unspecified atom stereocenters. The molecule has 3 rings (SSSR count). The van der Waals surface area contributed by atoms with E-state index in [2.05, 4.69) is 25.3 Å². The summed E-state index contributed by atoms with van der Waals surface area (Å²) < 4.78 is 14.1. The lowest BCUT2D eigenvalue weighted by Crippen LogP contribution is -2.28. The second-order valence-corrected chi connectivity index (χ2v) is 4.75. The van der Waals surface area contributed by atoms with Gasteiger partial charge in [0.15, 0.2) is 11.6 Å². The van der Waals surface area contributed by atoms with E-state index in [0.717, 1.165) is 30.7 Å². The molecular weight excluding hydrogens is 245 g/mol. The second kappa shape index (κ2) is 4.95. The van der Waals surface area contributed by atoms with Crippen molar-refractivity contribution in [1.29, 1.82) is 0 Å². The molecular formula is C13H16FN5. The predicted molar refractivity (Wildman–Crippen MR) is 69.4 cm³/mol. The van der Waals surface area contributed by atoms with Gasteiger partial charge >= 0.3 is 0 Å². The van der Waals surface area contributed by atoms with Gasteiger partial charge in [0.1, 0.15) is 6.33 Å². The number of hydrogen-bond acceptors (Lipinski definition) is 4. The van der Waals surface area contributed by atoms with E-state index in [0.29, 0.717) is 17.9 Å². The van der Waals surface area contributed by atoms with Gasteiger partial charge in [0.2, 0.25) is 0 Å². The maximum atomic E-state index is 14.1. The molecule has 2 aromatic heterocycles.